The molecule has 92 valence electrons. The molecule has 0 radical (unpaired) electrons. The molecule has 0 aromatic heterocycles. The predicted octanol–water partition coefficient (Wildman–Crippen LogP) is 2.19. The average Bonchev–Trinajstić information content (AvgIpc) is 2.87. The number of nitrogens with zero attached hydrogens (tertiary/aromatic N) is 1. The lowest BCUT2D eigenvalue weighted by Gasteiger charge is -2.30. The van der Waals surface area contributed by atoms with Gasteiger partial charge in [0.2, 0.25) is 0 Å². The van der Waals surface area contributed by atoms with E-state index in [0.717, 1.165) is 32.6 Å². The Balaban J connectivity index is 1.79. The summed E-state index contributed by atoms with van der Waals surface area (Å²) in [5, 5.41) is 3.43. The molecule has 2 heterocycles. The van der Waals surface area contributed by atoms with Crippen LogP contribution in [0.1, 0.15) is 18.9 Å². The molecule has 1 atom stereocenters. The molecule has 3 rings (SSSR count). The van der Waals surface area contributed by atoms with Crippen LogP contribution >= 0.6 is 0 Å². The zero-order valence-corrected chi connectivity index (χ0v) is 10.3. The van der Waals surface area contributed by atoms with Crippen LogP contribution in [0, 0.1) is 11.2 Å². The second kappa shape index (κ2) is 3.98. The van der Waals surface area contributed by atoms with Crippen molar-refractivity contribution in [1.82, 2.24) is 5.32 Å². The molecule has 1 aromatic carbocycles. The standard InChI is InChI=1S/C14H19FN2/c1-14(5-6-16-9-14)10-17-7-4-11-8-12(15)2-3-13(11)17/h2-3,8,16H,4-7,9-10H2,1H3. The van der Waals surface area contributed by atoms with Crippen molar-refractivity contribution < 1.29 is 4.39 Å². The van der Waals surface area contributed by atoms with Crippen LogP contribution in [-0.2, 0) is 6.42 Å². The van der Waals surface area contributed by atoms with Crippen LogP contribution in [0.15, 0.2) is 18.2 Å². The highest BCUT2D eigenvalue weighted by molar-refractivity contribution is 5.58. The van der Waals surface area contributed by atoms with Crippen molar-refractivity contribution >= 4 is 5.69 Å². The van der Waals surface area contributed by atoms with Crippen LogP contribution in [0.3, 0.4) is 0 Å². The van der Waals surface area contributed by atoms with Gasteiger partial charge in [-0.1, -0.05) is 6.92 Å². The van der Waals surface area contributed by atoms with E-state index in [4.69, 9.17) is 0 Å². The number of halogens is 1. The van der Waals surface area contributed by atoms with Crippen LogP contribution in [0.25, 0.3) is 0 Å². The molecule has 1 saturated heterocycles. The summed E-state index contributed by atoms with van der Waals surface area (Å²) in [7, 11) is 0. The van der Waals surface area contributed by atoms with E-state index in [-0.39, 0.29) is 5.82 Å². The van der Waals surface area contributed by atoms with Gasteiger partial charge in [-0.25, -0.2) is 4.39 Å². The van der Waals surface area contributed by atoms with Gasteiger partial charge in [-0.2, -0.15) is 0 Å². The first-order chi connectivity index (χ1) is 8.16. The SMILES string of the molecule is CC1(CN2CCc3cc(F)ccc32)CCNC1. The van der Waals surface area contributed by atoms with E-state index in [0.29, 0.717) is 5.41 Å². The Morgan fingerprint density at radius 1 is 1.47 bits per heavy atom. The molecule has 2 nitrogen and oxygen atoms in total. The smallest absolute Gasteiger partial charge is 0.123 e. The van der Waals surface area contributed by atoms with Crippen LogP contribution in [0.2, 0.25) is 0 Å². The quantitative estimate of drug-likeness (QED) is 0.844. The predicted molar refractivity (Wildman–Crippen MR) is 67.9 cm³/mol. The molecular formula is C14H19FN2. The van der Waals surface area contributed by atoms with Gasteiger partial charge in [-0.15, -0.1) is 0 Å². The fraction of sp³-hybridized carbons (Fsp3) is 0.571. The lowest BCUT2D eigenvalue weighted by atomic mass is 9.89. The van der Waals surface area contributed by atoms with Gasteiger partial charge in [-0.05, 0) is 48.6 Å². The van der Waals surface area contributed by atoms with Gasteiger partial charge in [0.25, 0.3) is 0 Å². The van der Waals surface area contributed by atoms with Gasteiger partial charge in [0, 0.05) is 25.3 Å². The van der Waals surface area contributed by atoms with Gasteiger partial charge >= 0.3 is 0 Å². The maximum Gasteiger partial charge on any atom is 0.123 e. The summed E-state index contributed by atoms with van der Waals surface area (Å²) < 4.78 is 13.1. The Hall–Kier alpha value is -1.09. The number of hydrogen-bond donors (Lipinski definition) is 1. The molecule has 0 spiro atoms. The van der Waals surface area contributed by atoms with Crippen molar-refractivity contribution in [2.24, 2.45) is 5.41 Å². The number of benzene rings is 1. The normalized spacial score (nSPS) is 27.5. The minimum absolute atomic E-state index is 0.112. The highest BCUT2D eigenvalue weighted by Gasteiger charge is 2.32. The maximum atomic E-state index is 13.1. The Morgan fingerprint density at radius 3 is 3.12 bits per heavy atom. The summed E-state index contributed by atoms with van der Waals surface area (Å²) in [5.41, 5.74) is 2.77. The number of anilines is 1. The van der Waals surface area contributed by atoms with Crippen molar-refractivity contribution in [3.63, 3.8) is 0 Å². The molecule has 0 bridgehead atoms. The Morgan fingerprint density at radius 2 is 2.35 bits per heavy atom. The van der Waals surface area contributed by atoms with Crippen molar-refractivity contribution in [1.29, 1.82) is 0 Å². The largest absolute Gasteiger partial charge is 0.370 e. The van der Waals surface area contributed by atoms with E-state index in [1.54, 1.807) is 12.1 Å². The van der Waals surface area contributed by atoms with Gasteiger partial charge in [-0.3, -0.25) is 0 Å². The molecule has 1 fully saturated rings. The Kier molecular flexibility index (Phi) is 2.58. The second-order valence-electron chi connectivity index (χ2n) is 5.68. The van der Waals surface area contributed by atoms with E-state index < -0.39 is 0 Å². The third-order valence-corrected chi connectivity index (χ3v) is 4.06. The fourth-order valence-electron chi connectivity index (χ4n) is 3.07. The zero-order valence-electron chi connectivity index (χ0n) is 10.3. The van der Waals surface area contributed by atoms with Gasteiger partial charge in [0.1, 0.15) is 5.82 Å². The van der Waals surface area contributed by atoms with Gasteiger partial charge in [0.15, 0.2) is 0 Å². The summed E-state index contributed by atoms with van der Waals surface area (Å²) in [6, 6.07) is 5.19. The fourth-order valence-corrected chi connectivity index (χ4v) is 3.07. The lowest BCUT2D eigenvalue weighted by Crippen LogP contribution is -2.36. The zero-order chi connectivity index (χ0) is 11.9. The molecule has 0 aliphatic carbocycles. The highest BCUT2D eigenvalue weighted by Crippen LogP contribution is 2.33. The van der Waals surface area contributed by atoms with E-state index in [1.165, 1.54) is 17.7 Å². The van der Waals surface area contributed by atoms with E-state index in [9.17, 15) is 4.39 Å². The maximum absolute atomic E-state index is 13.1. The summed E-state index contributed by atoms with van der Waals surface area (Å²) in [6.07, 6.45) is 2.22. The molecule has 1 aromatic rings. The first-order valence-electron chi connectivity index (χ1n) is 6.40. The van der Waals surface area contributed by atoms with E-state index in [1.807, 2.05) is 6.07 Å². The molecule has 1 N–H and O–H groups in total. The molecule has 0 saturated carbocycles. The highest BCUT2D eigenvalue weighted by atomic mass is 19.1. The minimum Gasteiger partial charge on any atom is -0.370 e. The number of rotatable bonds is 2. The topological polar surface area (TPSA) is 15.3 Å². The Bertz CT molecular complexity index is 424. The summed E-state index contributed by atoms with van der Waals surface area (Å²) >= 11 is 0. The van der Waals surface area contributed by atoms with Crippen molar-refractivity contribution in [2.75, 3.05) is 31.1 Å². The molecule has 0 amide bonds. The minimum atomic E-state index is -0.112. The molecule has 3 heteroatoms. The van der Waals surface area contributed by atoms with Crippen LogP contribution in [-0.4, -0.2) is 26.2 Å². The monoisotopic (exact) mass is 234 g/mol. The number of nitrogens with one attached hydrogen (secondary N) is 1. The third-order valence-electron chi connectivity index (χ3n) is 4.06. The van der Waals surface area contributed by atoms with Gasteiger partial charge < -0.3 is 10.2 Å². The average molecular weight is 234 g/mol. The summed E-state index contributed by atoms with van der Waals surface area (Å²) in [6.45, 7) is 6.68. The lowest BCUT2D eigenvalue weighted by molar-refractivity contribution is 0.367. The van der Waals surface area contributed by atoms with Crippen molar-refractivity contribution in [3.05, 3.63) is 29.6 Å². The first-order valence-corrected chi connectivity index (χ1v) is 6.40. The first kappa shape index (κ1) is 11.0. The molecule has 2 aliphatic rings. The van der Waals surface area contributed by atoms with Gasteiger partial charge in [0.05, 0.1) is 0 Å². The molecule has 2 aliphatic heterocycles. The van der Waals surface area contributed by atoms with Crippen molar-refractivity contribution in [3.8, 4) is 0 Å². The summed E-state index contributed by atoms with van der Waals surface area (Å²) in [4.78, 5) is 2.42. The number of fused-ring (bicyclic) bond motifs is 1. The summed E-state index contributed by atoms with van der Waals surface area (Å²) in [5.74, 6) is -0.112. The van der Waals surface area contributed by atoms with Crippen LogP contribution in [0.5, 0.6) is 0 Å². The number of hydrogen-bond acceptors (Lipinski definition) is 2. The van der Waals surface area contributed by atoms with Crippen LogP contribution in [0.4, 0.5) is 10.1 Å². The second-order valence-corrected chi connectivity index (χ2v) is 5.68. The molecule has 1 unspecified atom stereocenters. The van der Waals surface area contributed by atoms with E-state index in [2.05, 4.69) is 17.1 Å². The third kappa shape index (κ3) is 2.04. The van der Waals surface area contributed by atoms with Crippen molar-refractivity contribution in [2.45, 2.75) is 19.8 Å². The Labute approximate surface area is 102 Å². The molecule has 17 heavy (non-hydrogen) atoms. The van der Waals surface area contributed by atoms with Crippen LogP contribution < -0.4 is 10.2 Å². The molecular weight excluding hydrogens is 215 g/mol. The van der Waals surface area contributed by atoms with E-state index >= 15 is 0 Å².